The van der Waals surface area contributed by atoms with Crippen molar-refractivity contribution in [3.63, 3.8) is 0 Å². The molecule has 2 rings (SSSR count). The van der Waals surface area contributed by atoms with Crippen molar-refractivity contribution in [2.24, 2.45) is 5.73 Å². The number of fused-ring (bicyclic) bond motifs is 1. The molecule has 4 nitrogen and oxygen atoms in total. The molecule has 0 aromatic heterocycles. The van der Waals surface area contributed by atoms with Crippen LogP contribution in [0.15, 0.2) is 10.5 Å². The van der Waals surface area contributed by atoms with Crippen LogP contribution < -0.4 is 15.2 Å². The highest BCUT2D eigenvalue weighted by Gasteiger charge is 2.26. The molecule has 5 heteroatoms. The molecule has 0 fully saturated rings. The third-order valence-corrected chi connectivity index (χ3v) is 3.85. The Hall–Kier alpha value is -1.07. The van der Waals surface area contributed by atoms with Crippen molar-refractivity contribution in [1.29, 1.82) is 0 Å². The van der Waals surface area contributed by atoms with Crippen LogP contribution in [-0.4, -0.2) is 25.5 Å². The normalized spacial score (nSPS) is 14.2. The number of ether oxygens (including phenoxy) is 2. The predicted octanol–water partition coefficient (Wildman–Crippen LogP) is 3.27. The molecule has 0 bridgehead atoms. The number of Topliss-reactive ketones (excluding diaryl/α,β-unsaturated/α-hetero) is 1. The number of nitrogens with two attached hydrogens (primary N) is 1. The van der Waals surface area contributed by atoms with E-state index < -0.39 is 0 Å². The maximum absolute atomic E-state index is 12.3. The molecule has 0 aliphatic carbocycles. The van der Waals surface area contributed by atoms with Gasteiger partial charge in [-0.1, -0.05) is 13.8 Å². The number of hydrogen-bond donors (Lipinski definition) is 1. The second kappa shape index (κ2) is 6.59. The van der Waals surface area contributed by atoms with Gasteiger partial charge in [0.1, 0.15) is 0 Å². The molecule has 1 aliphatic heterocycles. The molecular formula is C15H20BrNO3. The highest BCUT2D eigenvalue weighted by molar-refractivity contribution is 9.10. The first-order valence-electron chi connectivity index (χ1n) is 6.91. The summed E-state index contributed by atoms with van der Waals surface area (Å²) in [5.74, 6) is 1.63. The van der Waals surface area contributed by atoms with Crippen LogP contribution in [0.5, 0.6) is 11.5 Å². The Bertz CT molecular complexity index is 514. The van der Waals surface area contributed by atoms with E-state index in [1.165, 1.54) is 0 Å². The fourth-order valence-electron chi connectivity index (χ4n) is 2.38. The number of rotatable bonds is 4. The lowest BCUT2D eigenvalue weighted by Crippen LogP contribution is -2.13. The number of carbonyl (C=O) groups excluding carboxylic acids is 1. The average Bonchev–Trinajstić information content (AvgIpc) is 2.64. The van der Waals surface area contributed by atoms with Gasteiger partial charge in [-0.25, -0.2) is 0 Å². The van der Waals surface area contributed by atoms with E-state index in [9.17, 15) is 4.79 Å². The van der Waals surface area contributed by atoms with Crippen LogP contribution in [0.25, 0.3) is 0 Å². The third kappa shape index (κ3) is 2.99. The fourth-order valence-corrected chi connectivity index (χ4v) is 2.90. The summed E-state index contributed by atoms with van der Waals surface area (Å²) in [6.45, 7) is 5.68. The van der Waals surface area contributed by atoms with Crippen LogP contribution in [-0.2, 0) is 0 Å². The van der Waals surface area contributed by atoms with Crippen molar-refractivity contribution < 1.29 is 14.3 Å². The number of ketones is 1. The first-order chi connectivity index (χ1) is 9.56. The quantitative estimate of drug-likeness (QED) is 0.853. The molecular weight excluding hydrogens is 322 g/mol. The number of hydrogen-bond acceptors (Lipinski definition) is 4. The molecule has 1 aromatic rings. The van der Waals surface area contributed by atoms with Gasteiger partial charge >= 0.3 is 0 Å². The van der Waals surface area contributed by atoms with Gasteiger partial charge in [0.05, 0.1) is 17.7 Å². The second-order valence-corrected chi connectivity index (χ2v) is 6.00. The fraction of sp³-hybridized carbons (Fsp3) is 0.533. The Labute approximate surface area is 127 Å². The lowest BCUT2D eigenvalue weighted by molar-refractivity contribution is 0.0983. The van der Waals surface area contributed by atoms with Crippen LogP contribution in [0.3, 0.4) is 0 Å². The van der Waals surface area contributed by atoms with Crippen LogP contribution >= 0.6 is 15.9 Å². The molecule has 0 unspecified atom stereocenters. The first kappa shape index (κ1) is 15.3. The molecule has 0 saturated carbocycles. The minimum absolute atomic E-state index is 0.0487. The van der Waals surface area contributed by atoms with Gasteiger partial charge < -0.3 is 15.2 Å². The molecule has 0 amide bonds. The Morgan fingerprint density at radius 1 is 1.35 bits per heavy atom. The maximum atomic E-state index is 12.3. The smallest absolute Gasteiger partial charge is 0.175 e. The van der Waals surface area contributed by atoms with Crippen molar-refractivity contribution in [3.05, 3.63) is 21.7 Å². The van der Waals surface area contributed by atoms with E-state index in [4.69, 9.17) is 15.2 Å². The summed E-state index contributed by atoms with van der Waals surface area (Å²) in [5, 5.41) is 0. The maximum Gasteiger partial charge on any atom is 0.175 e. The van der Waals surface area contributed by atoms with Crippen molar-refractivity contribution in [1.82, 2.24) is 0 Å². The lowest BCUT2D eigenvalue weighted by Gasteiger charge is -2.20. The zero-order valence-corrected chi connectivity index (χ0v) is 13.5. The van der Waals surface area contributed by atoms with Crippen molar-refractivity contribution in [2.45, 2.75) is 32.6 Å². The Balaban J connectivity index is 2.60. The van der Waals surface area contributed by atoms with Gasteiger partial charge in [-0.2, -0.15) is 0 Å². The molecule has 0 saturated heterocycles. The summed E-state index contributed by atoms with van der Waals surface area (Å²) in [4.78, 5) is 12.3. The molecule has 0 spiro atoms. The number of halogens is 1. The molecule has 0 radical (unpaired) electrons. The van der Waals surface area contributed by atoms with E-state index in [-0.39, 0.29) is 11.7 Å². The summed E-state index contributed by atoms with van der Waals surface area (Å²) in [7, 11) is 0. The van der Waals surface area contributed by atoms with E-state index in [1.807, 2.05) is 6.07 Å². The minimum atomic E-state index is 0.0487. The predicted molar refractivity (Wildman–Crippen MR) is 81.8 cm³/mol. The molecule has 1 aliphatic rings. The summed E-state index contributed by atoms with van der Waals surface area (Å²) < 4.78 is 12.4. The minimum Gasteiger partial charge on any atom is -0.489 e. The lowest BCUT2D eigenvalue weighted by atomic mass is 9.92. The van der Waals surface area contributed by atoms with Crippen LogP contribution in [0, 0.1) is 0 Å². The third-order valence-electron chi connectivity index (χ3n) is 3.26. The first-order valence-corrected chi connectivity index (χ1v) is 7.70. The zero-order valence-electron chi connectivity index (χ0n) is 11.9. The molecule has 1 aromatic carbocycles. The van der Waals surface area contributed by atoms with Crippen molar-refractivity contribution in [2.75, 3.05) is 19.8 Å². The van der Waals surface area contributed by atoms with Crippen LogP contribution in [0.1, 0.15) is 48.5 Å². The summed E-state index contributed by atoms with van der Waals surface area (Å²) in [5.41, 5.74) is 7.11. The Morgan fingerprint density at radius 3 is 2.60 bits per heavy atom. The molecule has 2 N–H and O–H groups in total. The van der Waals surface area contributed by atoms with Crippen molar-refractivity contribution in [3.8, 4) is 11.5 Å². The van der Waals surface area contributed by atoms with E-state index >= 15 is 0 Å². The summed E-state index contributed by atoms with van der Waals surface area (Å²) in [6.07, 6.45) is 1.18. The second-order valence-electron chi connectivity index (χ2n) is 5.14. The summed E-state index contributed by atoms with van der Waals surface area (Å²) >= 11 is 3.48. The largest absolute Gasteiger partial charge is 0.489 e. The Kier molecular flexibility index (Phi) is 5.05. The number of carbonyl (C=O) groups is 1. The van der Waals surface area contributed by atoms with Gasteiger partial charge in [-0.3, -0.25) is 4.79 Å². The SMILES string of the molecule is CC(C)c1c(C(=O)CCN)cc(Br)c2c1OCCCO2. The van der Waals surface area contributed by atoms with Gasteiger partial charge in [-0.05, 0) is 34.5 Å². The average molecular weight is 342 g/mol. The van der Waals surface area contributed by atoms with Gasteiger partial charge in [-0.15, -0.1) is 0 Å². The Morgan fingerprint density at radius 2 is 2.00 bits per heavy atom. The topological polar surface area (TPSA) is 61.6 Å². The molecule has 110 valence electrons. The van der Waals surface area contributed by atoms with Crippen LogP contribution in [0.2, 0.25) is 0 Å². The van der Waals surface area contributed by atoms with Gasteiger partial charge in [0.15, 0.2) is 17.3 Å². The molecule has 1 heterocycles. The van der Waals surface area contributed by atoms with E-state index in [1.54, 1.807) is 0 Å². The zero-order chi connectivity index (χ0) is 14.7. The van der Waals surface area contributed by atoms with E-state index in [2.05, 4.69) is 29.8 Å². The molecule has 20 heavy (non-hydrogen) atoms. The standard InChI is InChI=1S/C15H20BrNO3/c1-9(2)13-10(12(18)4-5-17)8-11(16)14-15(13)20-7-3-6-19-14/h8-9H,3-7,17H2,1-2H3. The monoisotopic (exact) mass is 341 g/mol. The summed E-state index contributed by atoms with van der Waals surface area (Å²) in [6, 6.07) is 1.83. The highest BCUT2D eigenvalue weighted by Crippen LogP contribution is 2.44. The highest BCUT2D eigenvalue weighted by atomic mass is 79.9. The van der Waals surface area contributed by atoms with E-state index in [0.29, 0.717) is 43.2 Å². The van der Waals surface area contributed by atoms with Gasteiger partial charge in [0.2, 0.25) is 0 Å². The van der Waals surface area contributed by atoms with Crippen LogP contribution in [0.4, 0.5) is 0 Å². The molecule has 0 atom stereocenters. The van der Waals surface area contributed by atoms with Gasteiger partial charge in [0, 0.05) is 24.0 Å². The van der Waals surface area contributed by atoms with E-state index in [0.717, 1.165) is 16.5 Å². The number of benzene rings is 1. The van der Waals surface area contributed by atoms with Crippen molar-refractivity contribution >= 4 is 21.7 Å². The van der Waals surface area contributed by atoms with Gasteiger partial charge in [0.25, 0.3) is 0 Å².